The molecule has 1 aliphatic heterocycles. The molecular formula is C14H26O3. The summed E-state index contributed by atoms with van der Waals surface area (Å²) in [5, 5.41) is 0. The second-order valence-electron chi connectivity index (χ2n) is 6.43. The summed E-state index contributed by atoms with van der Waals surface area (Å²) in [7, 11) is 0. The van der Waals surface area contributed by atoms with Crippen LogP contribution in [-0.2, 0) is 14.3 Å². The van der Waals surface area contributed by atoms with E-state index in [4.69, 9.17) is 9.47 Å². The summed E-state index contributed by atoms with van der Waals surface area (Å²) in [5.41, 5.74) is -0.346. The predicted octanol–water partition coefficient (Wildman–Crippen LogP) is 3.31. The molecule has 3 nitrogen and oxygen atoms in total. The molecule has 0 saturated carbocycles. The fourth-order valence-corrected chi connectivity index (χ4v) is 2.40. The van der Waals surface area contributed by atoms with E-state index in [1.165, 1.54) is 6.92 Å². The fourth-order valence-electron chi connectivity index (χ4n) is 2.40. The molecule has 0 spiro atoms. The van der Waals surface area contributed by atoms with Crippen LogP contribution < -0.4 is 0 Å². The second-order valence-corrected chi connectivity index (χ2v) is 6.43. The zero-order chi connectivity index (χ0) is 13.3. The van der Waals surface area contributed by atoms with Gasteiger partial charge in [0.2, 0.25) is 0 Å². The summed E-state index contributed by atoms with van der Waals surface area (Å²) in [6, 6.07) is 0. The Morgan fingerprint density at radius 3 is 2.47 bits per heavy atom. The van der Waals surface area contributed by atoms with Crippen LogP contribution in [0.15, 0.2) is 0 Å². The van der Waals surface area contributed by atoms with Crippen LogP contribution in [0.5, 0.6) is 0 Å². The van der Waals surface area contributed by atoms with Crippen molar-refractivity contribution in [3.05, 3.63) is 0 Å². The molecule has 0 aromatic rings. The van der Waals surface area contributed by atoms with E-state index >= 15 is 0 Å². The number of esters is 1. The third-order valence-corrected chi connectivity index (χ3v) is 3.71. The molecular weight excluding hydrogens is 216 g/mol. The van der Waals surface area contributed by atoms with Crippen molar-refractivity contribution in [2.45, 2.75) is 78.6 Å². The van der Waals surface area contributed by atoms with Gasteiger partial charge in [-0.05, 0) is 38.5 Å². The normalized spacial score (nSPS) is 35.2. The summed E-state index contributed by atoms with van der Waals surface area (Å²) in [4.78, 5) is 11.2. The summed E-state index contributed by atoms with van der Waals surface area (Å²) >= 11 is 0. The predicted molar refractivity (Wildman–Crippen MR) is 67.8 cm³/mol. The molecule has 0 amide bonds. The number of hydrogen-bond acceptors (Lipinski definition) is 3. The Labute approximate surface area is 105 Å². The monoisotopic (exact) mass is 242 g/mol. The minimum absolute atomic E-state index is 0.0573. The molecule has 1 saturated heterocycles. The van der Waals surface area contributed by atoms with E-state index in [0.29, 0.717) is 0 Å². The number of ether oxygens (including phenoxy) is 2. The molecule has 3 heteroatoms. The van der Waals surface area contributed by atoms with E-state index < -0.39 is 5.60 Å². The Hall–Kier alpha value is -0.570. The van der Waals surface area contributed by atoms with Gasteiger partial charge in [0, 0.05) is 6.92 Å². The van der Waals surface area contributed by atoms with Gasteiger partial charge in [-0.25, -0.2) is 0 Å². The molecule has 0 aromatic heterocycles. The van der Waals surface area contributed by atoms with Gasteiger partial charge in [-0.1, -0.05) is 20.8 Å². The molecule has 0 unspecified atom stereocenters. The third kappa shape index (κ3) is 3.70. The smallest absolute Gasteiger partial charge is 0.303 e. The first-order valence-electron chi connectivity index (χ1n) is 6.50. The number of rotatable bonds is 1. The van der Waals surface area contributed by atoms with Gasteiger partial charge in [-0.15, -0.1) is 0 Å². The van der Waals surface area contributed by atoms with E-state index in [1.54, 1.807) is 0 Å². The average Bonchev–Trinajstić information content (AvgIpc) is 2.25. The Morgan fingerprint density at radius 1 is 1.41 bits per heavy atom. The lowest BCUT2D eigenvalue weighted by atomic mass is 9.86. The zero-order valence-corrected chi connectivity index (χ0v) is 12.0. The number of carbonyl (C=O) groups excluding carboxylic acids is 1. The van der Waals surface area contributed by atoms with Gasteiger partial charge in [-0.2, -0.15) is 0 Å². The van der Waals surface area contributed by atoms with E-state index in [0.717, 1.165) is 19.3 Å². The maximum absolute atomic E-state index is 11.2. The minimum atomic E-state index is -0.480. The lowest BCUT2D eigenvalue weighted by Crippen LogP contribution is -2.44. The standard InChI is InChI=1S/C14H26O3/c1-10-14(6,17-11(2)15)9-7-8-12(16-10)13(3,4)5/h10,12H,7-9H2,1-6H3/t10-,12-,14+/m0/s1. The molecule has 1 fully saturated rings. The van der Waals surface area contributed by atoms with E-state index in [9.17, 15) is 4.79 Å². The third-order valence-electron chi connectivity index (χ3n) is 3.71. The summed E-state index contributed by atoms with van der Waals surface area (Å²) in [6.45, 7) is 12.0. The Morgan fingerprint density at radius 2 is 2.00 bits per heavy atom. The summed E-state index contributed by atoms with van der Waals surface area (Å²) < 4.78 is 11.6. The Balaban J connectivity index is 2.78. The van der Waals surface area contributed by atoms with Crippen molar-refractivity contribution in [3.8, 4) is 0 Å². The highest BCUT2D eigenvalue weighted by Crippen LogP contribution is 2.36. The lowest BCUT2D eigenvalue weighted by Gasteiger charge is -2.36. The van der Waals surface area contributed by atoms with E-state index in [1.807, 2.05) is 13.8 Å². The second kappa shape index (κ2) is 4.97. The van der Waals surface area contributed by atoms with Crippen molar-refractivity contribution in [1.82, 2.24) is 0 Å². The minimum Gasteiger partial charge on any atom is -0.457 e. The molecule has 0 aromatic carbocycles. The molecule has 0 aliphatic carbocycles. The maximum Gasteiger partial charge on any atom is 0.303 e. The van der Waals surface area contributed by atoms with Gasteiger partial charge in [0.05, 0.1) is 12.2 Å². The van der Waals surface area contributed by atoms with Crippen LogP contribution in [0.3, 0.4) is 0 Å². The molecule has 1 aliphatic rings. The van der Waals surface area contributed by atoms with Crippen molar-refractivity contribution in [2.75, 3.05) is 0 Å². The summed E-state index contributed by atoms with van der Waals surface area (Å²) in [6.07, 6.45) is 3.12. The van der Waals surface area contributed by atoms with Crippen LogP contribution in [0.4, 0.5) is 0 Å². The van der Waals surface area contributed by atoms with Gasteiger partial charge in [0.15, 0.2) is 0 Å². The molecule has 3 atom stereocenters. The van der Waals surface area contributed by atoms with Crippen LogP contribution in [0.1, 0.15) is 60.8 Å². The van der Waals surface area contributed by atoms with Crippen LogP contribution in [0.25, 0.3) is 0 Å². The first-order valence-corrected chi connectivity index (χ1v) is 6.50. The van der Waals surface area contributed by atoms with Crippen molar-refractivity contribution in [3.63, 3.8) is 0 Å². The SMILES string of the molecule is CC(=O)O[C@]1(C)CCC[C@@H](C(C)(C)C)O[C@H]1C. The van der Waals surface area contributed by atoms with E-state index in [2.05, 4.69) is 20.8 Å². The van der Waals surface area contributed by atoms with Crippen LogP contribution in [-0.4, -0.2) is 23.8 Å². The van der Waals surface area contributed by atoms with Crippen LogP contribution in [0, 0.1) is 5.41 Å². The van der Waals surface area contributed by atoms with Crippen molar-refractivity contribution >= 4 is 5.97 Å². The largest absolute Gasteiger partial charge is 0.457 e. The van der Waals surface area contributed by atoms with Crippen LogP contribution in [0.2, 0.25) is 0 Å². The molecule has 0 bridgehead atoms. The van der Waals surface area contributed by atoms with Crippen molar-refractivity contribution in [2.24, 2.45) is 5.41 Å². The first kappa shape index (κ1) is 14.5. The Bertz CT molecular complexity index is 280. The fraction of sp³-hybridized carbons (Fsp3) is 0.929. The van der Waals surface area contributed by atoms with Crippen molar-refractivity contribution in [1.29, 1.82) is 0 Å². The highest BCUT2D eigenvalue weighted by Gasteiger charge is 2.41. The highest BCUT2D eigenvalue weighted by molar-refractivity contribution is 5.66. The lowest BCUT2D eigenvalue weighted by molar-refractivity contribution is -0.179. The van der Waals surface area contributed by atoms with Gasteiger partial charge < -0.3 is 9.47 Å². The highest BCUT2D eigenvalue weighted by atomic mass is 16.6. The van der Waals surface area contributed by atoms with Gasteiger partial charge in [0.25, 0.3) is 0 Å². The zero-order valence-electron chi connectivity index (χ0n) is 12.0. The van der Waals surface area contributed by atoms with Gasteiger partial charge in [0.1, 0.15) is 5.60 Å². The van der Waals surface area contributed by atoms with Crippen molar-refractivity contribution < 1.29 is 14.3 Å². The average molecular weight is 242 g/mol. The van der Waals surface area contributed by atoms with E-state index in [-0.39, 0.29) is 23.6 Å². The molecule has 1 heterocycles. The quantitative estimate of drug-likeness (QED) is 0.662. The van der Waals surface area contributed by atoms with Crippen LogP contribution >= 0.6 is 0 Å². The maximum atomic E-state index is 11.2. The molecule has 0 radical (unpaired) electrons. The molecule has 100 valence electrons. The first-order chi connectivity index (χ1) is 7.65. The molecule has 17 heavy (non-hydrogen) atoms. The number of carbonyl (C=O) groups is 1. The van der Waals surface area contributed by atoms with Gasteiger partial charge >= 0.3 is 5.97 Å². The Kier molecular flexibility index (Phi) is 4.23. The summed E-state index contributed by atoms with van der Waals surface area (Å²) in [5.74, 6) is -0.225. The topological polar surface area (TPSA) is 35.5 Å². The molecule has 1 rings (SSSR count). The molecule has 0 N–H and O–H groups in total. The number of hydrogen-bond donors (Lipinski definition) is 0. The van der Waals surface area contributed by atoms with Gasteiger partial charge in [-0.3, -0.25) is 4.79 Å².